The third-order valence-electron chi connectivity index (χ3n) is 4.15. The van der Waals surface area contributed by atoms with Crippen LogP contribution >= 0.6 is 11.3 Å². The molecule has 2 heterocycles. The van der Waals surface area contributed by atoms with Crippen molar-refractivity contribution in [2.24, 2.45) is 0 Å². The van der Waals surface area contributed by atoms with Gasteiger partial charge in [0.05, 0.1) is 19.2 Å². The highest BCUT2D eigenvalue weighted by atomic mass is 32.1. The second kappa shape index (κ2) is 8.10. The lowest BCUT2D eigenvalue weighted by atomic mass is 10.1. The summed E-state index contributed by atoms with van der Waals surface area (Å²) in [6, 6.07) is 11.3. The van der Waals surface area contributed by atoms with Crippen LogP contribution in [0.4, 0.5) is 0 Å². The second-order valence-corrected chi connectivity index (χ2v) is 7.04. The van der Waals surface area contributed by atoms with Gasteiger partial charge in [-0.25, -0.2) is 0 Å². The zero-order chi connectivity index (χ0) is 18.5. The number of ether oxygens (including phenoxy) is 2. The van der Waals surface area contributed by atoms with E-state index in [2.05, 4.69) is 5.32 Å². The maximum atomic E-state index is 12.7. The Labute approximate surface area is 157 Å². The number of nitrogens with zero attached hydrogens (tertiary/aromatic N) is 1. The molecule has 0 saturated carbocycles. The SMILES string of the molecule is COc1ccc(OCCNC(=O)c2c(-n3cccc3)sc(C)c2C)cc1. The first-order chi connectivity index (χ1) is 12.6. The fraction of sp³-hybridized carbons (Fsp3) is 0.250. The van der Waals surface area contributed by atoms with Crippen LogP contribution in [0.2, 0.25) is 0 Å². The van der Waals surface area contributed by atoms with E-state index in [0.29, 0.717) is 13.2 Å². The van der Waals surface area contributed by atoms with Crippen LogP contribution in [0.3, 0.4) is 0 Å². The first-order valence-electron chi connectivity index (χ1n) is 8.38. The van der Waals surface area contributed by atoms with Gasteiger partial charge in [0.2, 0.25) is 0 Å². The topological polar surface area (TPSA) is 52.5 Å². The highest BCUT2D eigenvalue weighted by Crippen LogP contribution is 2.30. The molecule has 3 rings (SSSR count). The minimum Gasteiger partial charge on any atom is -0.497 e. The van der Waals surface area contributed by atoms with E-state index < -0.39 is 0 Å². The van der Waals surface area contributed by atoms with Gasteiger partial charge in [-0.3, -0.25) is 4.79 Å². The molecule has 0 radical (unpaired) electrons. The van der Waals surface area contributed by atoms with Crippen LogP contribution in [-0.4, -0.2) is 30.7 Å². The van der Waals surface area contributed by atoms with Gasteiger partial charge in [0.15, 0.2) is 0 Å². The van der Waals surface area contributed by atoms with Crippen molar-refractivity contribution in [1.82, 2.24) is 9.88 Å². The summed E-state index contributed by atoms with van der Waals surface area (Å²) in [5, 5.41) is 3.90. The molecule has 0 atom stereocenters. The van der Waals surface area contributed by atoms with Crippen molar-refractivity contribution in [2.45, 2.75) is 13.8 Å². The summed E-state index contributed by atoms with van der Waals surface area (Å²) in [6.07, 6.45) is 3.91. The zero-order valence-electron chi connectivity index (χ0n) is 15.1. The number of hydrogen-bond acceptors (Lipinski definition) is 4. The number of rotatable bonds is 7. The number of nitrogens with one attached hydrogen (secondary N) is 1. The molecular formula is C20H22N2O3S. The van der Waals surface area contributed by atoms with Crippen LogP contribution in [0.15, 0.2) is 48.8 Å². The van der Waals surface area contributed by atoms with Crippen molar-refractivity contribution in [2.75, 3.05) is 20.3 Å². The quantitative estimate of drug-likeness (QED) is 0.640. The molecule has 2 aromatic heterocycles. The molecule has 0 saturated heterocycles. The van der Waals surface area contributed by atoms with Gasteiger partial charge in [-0.2, -0.15) is 0 Å². The summed E-state index contributed by atoms with van der Waals surface area (Å²) in [6.45, 7) is 4.86. The normalized spacial score (nSPS) is 10.6. The predicted octanol–water partition coefficient (Wildman–Crippen LogP) is 3.97. The number of amides is 1. The lowest BCUT2D eigenvalue weighted by Crippen LogP contribution is -2.29. The maximum Gasteiger partial charge on any atom is 0.254 e. The molecule has 5 nitrogen and oxygen atoms in total. The Balaban J connectivity index is 1.60. The Kier molecular flexibility index (Phi) is 5.63. The van der Waals surface area contributed by atoms with Gasteiger partial charge in [0, 0.05) is 17.3 Å². The van der Waals surface area contributed by atoms with Crippen LogP contribution in [0, 0.1) is 13.8 Å². The zero-order valence-corrected chi connectivity index (χ0v) is 15.9. The molecule has 0 unspecified atom stereocenters. The highest BCUT2D eigenvalue weighted by molar-refractivity contribution is 7.15. The van der Waals surface area contributed by atoms with Crippen LogP contribution in [0.5, 0.6) is 11.5 Å². The van der Waals surface area contributed by atoms with E-state index in [0.717, 1.165) is 32.5 Å². The smallest absolute Gasteiger partial charge is 0.254 e. The van der Waals surface area contributed by atoms with E-state index >= 15 is 0 Å². The Bertz CT molecular complexity index is 867. The highest BCUT2D eigenvalue weighted by Gasteiger charge is 2.20. The molecule has 136 valence electrons. The molecule has 6 heteroatoms. The molecule has 26 heavy (non-hydrogen) atoms. The van der Waals surface area contributed by atoms with Crippen LogP contribution in [0.1, 0.15) is 20.8 Å². The standard InChI is InChI=1S/C20H22N2O3S/c1-14-15(2)26-20(22-11-4-5-12-22)18(14)19(23)21-10-13-25-17-8-6-16(24-3)7-9-17/h4-9,11-12H,10,13H2,1-3H3,(H,21,23). The summed E-state index contributed by atoms with van der Waals surface area (Å²) in [5.41, 5.74) is 1.75. The number of carbonyl (C=O) groups excluding carboxylic acids is 1. The van der Waals surface area contributed by atoms with Gasteiger partial charge in [-0.05, 0) is 55.8 Å². The summed E-state index contributed by atoms with van der Waals surface area (Å²) in [7, 11) is 1.63. The lowest BCUT2D eigenvalue weighted by Gasteiger charge is -2.10. The fourth-order valence-electron chi connectivity index (χ4n) is 2.62. The van der Waals surface area contributed by atoms with E-state index in [1.54, 1.807) is 18.4 Å². The predicted molar refractivity (Wildman–Crippen MR) is 104 cm³/mol. The van der Waals surface area contributed by atoms with Crippen molar-refractivity contribution in [1.29, 1.82) is 0 Å². The van der Waals surface area contributed by atoms with E-state index in [4.69, 9.17) is 9.47 Å². The van der Waals surface area contributed by atoms with Crippen molar-refractivity contribution >= 4 is 17.2 Å². The van der Waals surface area contributed by atoms with Gasteiger partial charge in [0.1, 0.15) is 23.1 Å². The van der Waals surface area contributed by atoms with Crippen molar-refractivity contribution in [3.63, 3.8) is 0 Å². The average Bonchev–Trinajstić information content (AvgIpc) is 3.28. The van der Waals surface area contributed by atoms with Crippen LogP contribution in [-0.2, 0) is 0 Å². The number of aromatic nitrogens is 1. The molecule has 1 N–H and O–H groups in total. The van der Waals surface area contributed by atoms with Gasteiger partial charge in [0.25, 0.3) is 5.91 Å². The van der Waals surface area contributed by atoms with Crippen molar-refractivity contribution < 1.29 is 14.3 Å². The largest absolute Gasteiger partial charge is 0.497 e. The number of aryl methyl sites for hydroxylation is 1. The molecule has 0 aliphatic heterocycles. The van der Waals surface area contributed by atoms with Gasteiger partial charge in [-0.1, -0.05) is 0 Å². The Morgan fingerprint density at radius 1 is 1.12 bits per heavy atom. The first-order valence-corrected chi connectivity index (χ1v) is 9.20. The van der Waals surface area contributed by atoms with E-state index in [1.807, 2.05) is 67.2 Å². The summed E-state index contributed by atoms with van der Waals surface area (Å²) in [5.74, 6) is 1.45. The van der Waals surface area contributed by atoms with Gasteiger partial charge >= 0.3 is 0 Å². The van der Waals surface area contributed by atoms with Crippen LogP contribution in [0.25, 0.3) is 5.00 Å². The van der Waals surface area contributed by atoms with Crippen molar-refractivity contribution in [3.8, 4) is 16.5 Å². The number of hydrogen-bond donors (Lipinski definition) is 1. The maximum absolute atomic E-state index is 12.7. The summed E-state index contributed by atoms with van der Waals surface area (Å²) in [4.78, 5) is 13.8. The third-order valence-corrected chi connectivity index (χ3v) is 5.37. The fourth-order valence-corrected chi connectivity index (χ4v) is 3.74. The van der Waals surface area contributed by atoms with E-state index in [9.17, 15) is 4.79 Å². The minimum absolute atomic E-state index is 0.0751. The molecular weight excluding hydrogens is 348 g/mol. The average molecular weight is 370 g/mol. The van der Waals surface area contributed by atoms with Crippen LogP contribution < -0.4 is 14.8 Å². The number of carbonyl (C=O) groups is 1. The van der Waals surface area contributed by atoms with Gasteiger partial charge in [-0.15, -0.1) is 11.3 Å². The number of benzene rings is 1. The van der Waals surface area contributed by atoms with Crippen molar-refractivity contribution in [3.05, 3.63) is 64.8 Å². The summed E-state index contributed by atoms with van der Waals surface area (Å²) >= 11 is 1.63. The van der Waals surface area contributed by atoms with E-state index in [-0.39, 0.29) is 5.91 Å². The molecule has 1 amide bonds. The molecule has 0 spiro atoms. The molecule has 0 fully saturated rings. The molecule has 0 aliphatic carbocycles. The second-order valence-electron chi connectivity index (χ2n) is 5.83. The molecule has 3 aromatic rings. The van der Waals surface area contributed by atoms with E-state index in [1.165, 1.54) is 0 Å². The number of thiophene rings is 1. The molecule has 1 aromatic carbocycles. The Morgan fingerprint density at radius 2 is 1.77 bits per heavy atom. The lowest BCUT2D eigenvalue weighted by molar-refractivity contribution is 0.0947. The molecule has 0 bridgehead atoms. The minimum atomic E-state index is -0.0751. The Hall–Kier alpha value is -2.73. The summed E-state index contributed by atoms with van der Waals surface area (Å²) < 4.78 is 12.8. The Morgan fingerprint density at radius 3 is 2.42 bits per heavy atom. The monoisotopic (exact) mass is 370 g/mol. The number of methoxy groups -OCH3 is 1. The first kappa shape index (κ1) is 18.1. The third kappa shape index (κ3) is 3.91. The van der Waals surface area contributed by atoms with Gasteiger partial charge < -0.3 is 19.4 Å². The molecule has 0 aliphatic rings.